The number of aryl methyl sites for hydroxylation is 1. The molecule has 1 heterocycles. The Morgan fingerprint density at radius 2 is 1.88 bits per heavy atom. The molecule has 0 radical (unpaired) electrons. The third kappa shape index (κ3) is 4.88. The first-order valence-corrected chi connectivity index (χ1v) is 8.46. The van der Waals surface area contributed by atoms with Gasteiger partial charge in [-0.15, -0.1) is 0 Å². The highest BCUT2D eigenvalue weighted by Gasteiger charge is 2.09. The average Bonchev–Trinajstić information content (AvgIpc) is 3.03. The third-order valence-electron chi connectivity index (χ3n) is 3.39. The van der Waals surface area contributed by atoms with Gasteiger partial charge in [-0.3, -0.25) is 9.48 Å². The molecule has 0 fully saturated rings. The second-order valence-electron chi connectivity index (χ2n) is 5.47. The number of benzene rings is 2. The van der Waals surface area contributed by atoms with E-state index in [-0.39, 0.29) is 5.91 Å². The summed E-state index contributed by atoms with van der Waals surface area (Å²) in [4.78, 5) is 12.2. The van der Waals surface area contributed by atoms with Crippen LogP contribution in [0.5, 0.6) is 11.5 Å². The normalized spacial score (nSPS) is 10.9. The monoisotopic (exact) mass is 387 g/mol. The highest BCUT2D eigenvalue weighted by molar-refractivity contribution is 6.31. The molecule has 2 aromatic carbocycles. The Kier molecular flexibility index (Phi) is 5.61. The van der Waals surface area contributed by atoms with Crippen LogP contribution in [0, 0.1) is 0 Å². The van der Waals surface area contributed by atoms with Crippen LogP contribution in [0.15, 0.2) is 60.9 Å². The Balaban J connectivity index is 1.75. The number of aromatic nitrogens is 2. The zero-order valence-corrected chi connectivity index (χ0v) is 15.3. The van der Waals surface area contributed by atoms with E-state index in [0.29, 0.717) is 27.2 Å². The molecule has 26 heavy (non-hydrogen) atoms. The molecule has 3 rings (SSSR count). The molecule has 132 valence electrons. The summed E-state index contributed by atoms with van der Waals surface area (Å²) in [5.74, 6) is 0.759. The Hall–Kier alpha value is -2.76. The number of carbonyl (C=O) groups excluding carboxylic acids is 1. The molecule has 3 aromatic rings. The summed E-state index contributed by atoms with van der Waals surface area (Å²) in [7, 11) is 1.81. The Bertz CT molecular complexity index is 950. The predicted molar refractivity (Wildman–Crippen MR) is 104 cm³/mol. The van der Waals surface area contributed by atoms with Crippen molar-refractivity contribution >= 4 is 40.9 Å². The minimum absolute atomic E-state index is 0.308. The van der Waals surface area contributed by atoms with Crippen LogP contribution in [0.4, 0.5) is 5.69 Å². The lowest BCUT2D eigenvalue weighted by atomic mass is 10.2. The lowest BCUT2D eigenvalue weighted by Crippen LogP contribution is -2.08. The maximum Gasteiger partial charge on any atom is 0.248 e. The fourth-order valence-electron chi connectivity index (χ4n) is 2.19. The average molecular weight is 388 g/mol. The summed E-state index contributed by atoms with van der Waals surface area (Å²) in [5.41, 5.74) is 1.29. The topological polar surface area (TPSA) is 56.2 Å². The lowest BCUT2D eigenvalue weighted by molar-refractivity contribution is -0.111. The summed E-state index contributed by atoms with van der Waals surface area (Å²) >= 11 is 11.9. The number of ether oxygens (including phenoxy) is 1. The first kappa shape index (κ1) is 18.0. The molecule has 0 saturated carbocycles. The van der Waals surface area contributed by atoms with Crippen molar-refractivity contribution in [3.05, 3.63) is 76.5 Å². The Morgan fingerprint density at radius 3 is 2.58 bits per heavy atom. The van der Waals surface area contributed by atoms with Gasteiger partial charge in [0.05, 0.1) is 11.9 Å². The molecule has 0 unspecified atom stereocenters. The summed E-state index contributed by atoms with van der Waals surface area (Å²) in [6, 6.07) is 11.9. The number of nitrogens with one attached hydrogen (secondary N) is 1. The van der Waals surface area contributed by atoms with Gasteiger partial charge in [0.2, 0.25) is 5.91 Å². The van der Waals surface area contributed by atoms with Crippen molar-refractivity contribution in [1.82, 2.24) is 9.78 Å². The van der Waals surface area contributed by atoms with E-state index in [1.165, 1.54) is 6.08 Å². The van der Waals surface area contributed by atoms with E-state index in [9.17, 15) is 4.79 Å². The van der Waals surface area contributed by atoms with Crippen LogP contribution in [0.3, 0.4) is 0 Å². The standard InChI is InChI=1S/C19H15Cl2N3O2/c1-24-12-13(11-22-24)2-9-19(25)23-17-10-15(21)5-8-18(17)26-16-6-3-14(20)4-7-16/h2-12H,1H3,(H,23,25). The number of rotatable bonds is 5. The molecule has 5 nitrogen and oxygen atoms in total. The van der Waals surface area contributed by atoms with Gasteiger partial charge in [-0.05, 0) is 48.5 Å². The number of halogens is 2. The van der Waals surface area contributed by atoms with Gasteiger partial charge in [0.15, 0.2) is 5.75 Å². The van der Waals surface area contributed by atoms with Gasteiger partial charge >= 0.3 is 0 Å². The number of hydrogen-bond acceptors (Lipinski definition) is 3. The first-order chi connectivity index (χ1) is 12.5. The highest BCUT2D eigenvalue weighted by atomic mass is 35.5. The molecule has 1 N–H and O–H groups in total. The second kappa shape index (κ2) is 8.08. The molecular formula is C19H15Cl2N3O2. The molecule has 0 bridgehead atoms. The number of anilines is 1. The van der Waals surface area contributed by atoms with Crippen molar-refractivity contribution in [3.63, 3.8) is 0 Å². The summed E-state index contributed by atoms with van der Waals surface area (Å²) < 4.78 is 7.48. The number of hydrogen-bond donors (Lipinski definition) is 1. The van der Waals surface area contributed by atoms with Gasteiger partial charge in [0.25, 0.3) is 0 Å². The molecule has 0 aliphatic carbocycles. The van der Waals surface area contributed by atoms with E-state index in [1.807, 2.05) is 7.05 Å². The quantitative estimate of drug-likeness (QED) is 0.614. The Morgan fingerprint density at radius 1 is 1.15 bits per heavy atom. The van der Waals surface area contributed by atoms with Crippen molar-refractivity contribution in [2.75, 3.05) is 5.32 Å². The maximum absolute atomic E-state index is 12.2. The minimum atomic E-state index is -0.308. The van der Waals surface area contributed by atoms with Crippen LogP contribution < -0.4 is 10.1 Å². The first-order valence-electron chi connectivity index (χ1n) is 7.70. The van der Waals surface area contributed by atoms with E-state index >= 15 is 0 Å². The van der Waals surface area contributed by atoms with Crippen LogP contribution in [-0.2, 0) is 11.8 Å². The molecule has 0 saturated heterocycles. The fraction of sp³-hybridized carbons (Fsp3) is 0.0526. The van der Waals surface area contributed by atoms with Crippen LogP contribution in [0.1, 0.15) is 5.56 Å². The zero-order valence-electron chi connectivity index (χ0n) is 13.8. The van der Waals surface area contributed by atoms with E-state index in [4.69, 9.17) is 27.9 Å². The van der Waals surface area contributed by atoms with Crippen molar-refractivity contribution in [1.29, 1.82) is 0 Å². The van der Waals surface area contributed by atoms with Gasteiger partial charge < -0.3 is 10.1 Å². The highest BCUT2D eigenvalue weighted by Crippen LogP contribution is 2.32. The predicted octanol–water partition coefficient (Wildman–Crippen LogP) is 5.17. The summed E-state index contributed by atoms with van der Waals surface area (Å²) in [5, 5.41) is 7.92. The minimum Gasteiger partial charge on any atom is -0.455 e. The third-order valence-corrected chi connectivity index (χ3v) is 3.88. The van der Waals surface area contributed by atoms with Gasteiger partial charge in [-0.2, -0.15) is 5.10 Å². The van der Waals surface area contributed by atoms with Gasteiger partial charge in [-0.1, -0.05) is 23.2 Å². The van der Waals surface area contributed by atoms with E-state index in [2.05, 4.69) is 10.4 Å². The number of nitrogens with zero attached hydrogens (tertiary/aromatic N) is 2. The molecule has 7 heteroatoms. The fourth-order valence-corrected chi connectivity index (χ4v) is 2.49. The van der Waals surface area contributed by atoms with Crippen molar-refractivity contribution in [2.24, 2.45) is 7.05 Å². The van der Waals surface area contributed by atoms with Crippen molar-refractivity contribution in [2.45, 2.75) is 0 Å². The second-order valence-corrected chi connectivity index (χ2v) is 6.34. The molecule has 1 aromatic heterocycles. The van der Waals surface area contributed by atoms with Crippen molar-refractivity contribution < 1.29 is 9.53 Å². The number of carbonyl (C=O) groups is 1. The van der Waals surface area contributed by atoms with Crippen molar-refractivity contribution in [3.8, 4) is 11.5 Å². The van der Waals surface area contributed by atoms with Crippen LogP contribution in [-0.4, -0.2) is 15.7 Å². The molecule has 0 atom stereocenters. The lowest BCUT2D eigenvalue weighted by Gasteiger charge is -2.12. The van der Waals surface area contributed by atoms with E-state index < -0.39 is 0 Å². The van der Waals surface area contributed by atoms with E-state index in [0.717, 1.165) is 5.56 Å². The molecule has 0 aliphatic heterocycles. The van der Waals surface area contributed by atoms with Gasteiger partial charge in [0.1, 0.15) is 5.75 Å². The summed E-state index contributed by atoms with van der Waals surface area (Å²) in [6.45, 7) is 0. The molecular weight excluding hydrogens is 373 g/mol. The SMILES string of the molecule is Cn1cc(C=CC(=O)Nc2cc(Cl)ccc2Oc2ccc(Cl)cc2)cn1. The number of amides is 1. The van der Waals surface area contributed by atoms with E-state index in [1.54, 1.807) is 65.6 Å². The molecule has 1 amide bonds. The Labute approximate surface area is 160 Å². The largest absolute Gasteiger partial charge is 0.455 e. The van der Waals surface area contributed by atoms with Gasteiger partial charge in [-0.25, -0.2) is 0 Å². The van der Waals surface area contributed by atoms with Gasteiger partial charge in [0, 0.05) is 34.9 Å². The molecule has 0 aliphatic rings. The smallest absolute Gasteiger partial charge is 0.248 e. The van der Waals surface area contributed by atoms with Crippen LogP contribution >= 0.6 is 23.2 Å². The maximum atomic E-state index is 12.2. The molecule has 0 spiro atoms. The summed E-state index contributed by atoms with van der Waals surface area (Å²) in [6.07, 6.45) is 6.56. The zero-order chi connectivity index (χ0) is 18.5. The van der Waals surface area contributed by atoms with Crippen LogP contribution in [0.25, 0.3) is 6.08 Å². The van der Waals surface area contributed by atoms with Crippen LogP contribution in [0.2, 0.25) is 10.0 Å².